The van der Waals surface area contributed by atoms with Gasteiger partial charge in [0.2, 0.25) is 0 Å². The number of phenols is 1. The van der Waals surface area contributed by atoms with E-state index in [4.69, 9.17) is 5.11 Å². The maximum atomic E-state index is 12.4. The molecule has 2 rings (SSSR count). The van der Waals surface area contributed by atoms with Crippen LogP contribution >= 0.6 is 22.6 Å². The lowest BCUT2D eigenvalue weighted by Crippen LogP contribution is -2.40. The summed E-state index contributed by atoms with van der Waals surface area (Å²) < 4.78 is 0.710. The summed E-state index contributed by atoms with van der Waals surface area (Å²) in [4.78, 5) is 24.8. The zero-order valence-electron chi connectivity index (χ0n) is 11.6. The molecule has 1 aliphatic rings. The smallest absolute Gasteiger partial charge is 0.303 e. The summed E-state index contributed by atoms with van der Waals surface area (Å²) in [6.45, 7) is 1.29. The summed E-state index contributed by atoms with van der Waals surface area (Å²) in [7, 11) is 0. The lowest BCUT2D eigenvalue weighted by Gasteiger charge is -2.32. The normalized spacial score (nSPS) is 18.5. The van der Waals surface area contributed by atoms with E-state index >= 15 is 0 Å². The second-order valence-corrected chi connectivity index (χ2v) is 6.52. The van der Waals surface area contributed by atoms with Gasteiger partial charge in [-0.2, -0.15) is 0 Å². The fourth-order valence-electron chi connectivity index (χ4n) is 2.64. The minimum Gasteiger partial charge on any atom is -0.507 e. The molecule has 6 heteroatoms. The molecule has 1 amide bonds. The van der Waals surface area contributed by atoms with Crippen LogP contribution in [0.1, 0.15) is 36.0 Å². The SMILES string of the molecule is O=C(O)CCC1CCCN(C(=O)c2ccc(I)c(O)c2)C1. The Morgan fingerprint density at radius 2 is 2.14 bits per heavy atom. The van der Waals surface area contributed by atoms with Crippen LogP contribution in [0.2, 0.25) is 0 Å². The molecule has 5 nitrogen and oxygen atoms in total. The number of aliphatic carboxylic acids is 1. The lowest BCUT2D eigenvalue weighted by atomic mass is 9.93. The van der Waals surface area contributed by atoms with Crippen molar-refractivity contribution in [2.24, 2.45) is 5.92 Å². The van der Waals surface area contributed by atoms with Crippen LogP contribution in [0.5, 0.6) is 5.75 Å². The van der Waals surface area contributed by atoms with Crippen molar-refractivity contribution in [3.63, 3.8) is 0 Å². The number of benzene rings is 1. The number of hydrogen-bond acceptors (Lipinski definition) is 3. The number of likely N-dealkylation sites (tertiary alicyclic amines) is 1. The second-order valence-electron chi connectivity index (χ2n) is 5.36. The fraction of sp³-hybridized carbons (Fsp3) is 0.467. The number of piperidine rings is 1. The molecule has 0 bridgehead atoms. The predicted molar refractivity (Wildman–Crippen MR) is 86.3 cm³/mol. The highest BCUT2D eigenvalue weighted by Crippen LogP contribution is 2.25. The van der Waals surface area contributed by atoms with E-state index in [-0.39, 0.29) is 24.0 Å². The third-order valence-electron chi connectivity index (χ3n) is 3.77. The maximum absolute atomic E-state index is 12.4. The van der Waals surface area contributed by atoms with Crippen molar-refractivity contribution in [2.75, 3.05) is 13.1 Å². The van der Waals surface area contributed by atoms with Gasteiger partial charge in [-0.15, -0.1) is 0 Å². The van der Waals surface area contributed by atoms with E-state index in [9.17, 15) is 14.7 Å². The molecule has 21 heavy (non-hydrogen) atoms. The third kappa shape index (κ3) is 4.33. The van der Waals surface area contributed by atoms with Gasteiger partial charge in [0.1, 0.15) is 5.75 Å². The first-order valence-corrected chi connectivity index (χ1v) is 8.05. The van der Waals surface area contributed by atoms with E-state index in [2.05, 4.69) is 0 Å². The fourth-order valence-corrected chi connectivity index (χ4v) is 2.98. The summed E-state index contributed by atoms with van der Waals surface area (Å²) >= 11 is 2.01. The number of carbonyl (C=O) groups is 2. The van der Waals surface area contributed by atoms with Gasteiger partial charge in [-0.1, -0.05) is 0 Å². The Balaban J connectivity index is 2.01. The van der Waals surface area contributed by atoms with Gasteiger partial charge in [0, 0.05) is 25.1 Å². The van der Waals surface area contributed by atoms with Crippen LogP contribution in [0.25, 0.3) is 0 Å². The molecule has 0 radical (unpaired) electrons. The van der Waals surface area contributed by atoms with Gasteiger partial charge in [0.15, 0.2) is 0 Å². The van der Waals surface area contributed by atoms with Crippen LogP contribution < -0.4 is 0 Å². The topological polar surface area (TPSA) is 77.8 Å². The van der Waals surface area contributed by atoms with Crippen molar-refractivity contribution >= 4 is 34.5 Å². The van der Waals surface area contributed by atoms with Crippen LogP contribution in [0.4, 0.5) is 0 Å². The monoisotopic (exact) mass is 403 g/mol. The van der Waals surface area contributed by atoms with Gasteiger partial charge in [0.05, 0.1) is 3.57 Å². The predicted octanol–water partition coefficient (Wildman–Crippen LogP) is 2.71. The molecule has 1 aliphatic heterocycles. The van der Waals surface area contributed by atoms with Gasteiger partial charge in [0.25, 0.3) is 5.91 Å². The highest BCUT2D eigenvalue weighted by atomic mass is 127. The molecule has 1 unspecified atom stereocenters. The average Bonchev–Trinajstić information content (AvgIpc) is 2.47. The van der Waals surface area contributed by atoms with Crippen LogP contribution in [0, 0.1) is 9.49 Å². The van der Waals surface area contributed by atoms with Gasteiger partial charge in [-0.3, -0.25) is 9.59 Å². The maximum Gasteiger partial charge on any atom is 0.303 e. The molecule has 0 aliphatic carbocycles. The zero-order chi connectivity index (χ0) is 15.4. The zero-order valence-corrected chi connectivity index (χ0v) is 13.7. The van der Waals surface area contributed by atoms with Gasteiger partial charge in [-0.25, -0.2) is 0 Å². The van der Waals surface area contributed by atoms with Crippen molar-refractivity contribution < 1.29 is 19.8 Å². The molecular weight excluding hydrogens is 385 g/mol. The number of phenolic OH excluding ortho intramolecular Hbond substituents is 1. The Morgan fingerprint density at radius 3 is 2.81 bits per heavy atom. The van der Waals surface area contributed by atoms with Crippen LogP contribution in [0.15, 0.2) is 18.2 Å². The van der Waals surface area contributed by atoms with Crippen molar-refractivity contribution in [1.82, 2.24) is 4.90 Å². The first-order chi connectivity index (χ1) is 9.97. The van der Waals surface area contributed by atoms with Crippen LogP contribution in [-0.4, -0.2) is 40.1 Å². The summed E-state index contributed by atoms with van der Waals surface area (Å²) in [5.41, 5.74) is 0.479. The Hall–Kier alpha value is -1.31. The molecule has 0 aromatic heterocycles. The average molecular weight is 403 g/mol. The number of amides is 1. The molecule has 1 fully saturated rings. The van der Waals surface area contributed by atoms with E-state index < -0.39 is 5.97 Å². The molecule has 1 atom stereocenters. The summed E-state index contributed by atoms with van der Waals surface area (Å²) in [5.74, 6) is -0.528. The van der Waals surface area contributed by atoms with Crippen molar-refractivity contribution in [3.05, 3.63) is 27.3 Å². The third-order valence-corrected chi connectivity index (χ3v) is 4.68. The molecular formula is C15H18INO4. The molecule has 1 heterocycles. The summed E-state index contributed by atoms with van der Waals surface area (Å²) in [6.07, 6.45) is 2.62. The standard InChI is InChI=1S/C15H18INO4/c16-12-5-4-11(8-13(12)18)15(21)17-7-1-2-10(9-17)3-6-14(19)20/h4-5,8,10,18H,1-3,6-7,9H2,(H,19,20). The summed E-state index contributed by atoms with van der Waals surface area (Å²) in [5, 5.41) is 18.4. The Kier molecular flexibility index (Phi) is 5.44. The highest BCUT2D eigenvalue weighted by molar-refractivity contribution is 14.1. The van der Waals surface area contributed by atoms with E-state index in [0.29, 0.717) is 28.6 Å². The van der Waals surface area contributed by atoms with Crippen molar-refractivity contribution in [2.45, 2.75) is 25.7 Å². The molecule has 0 spiro atoms. The largest absolute Gasteiger partial charge is 0.507 e. The first kappa shape index (κ1) is 16.1. The molecule has 1 saturated heterocycles. The van der Waals surface area contributed by atoms with Crippen molar-refractivity contribution in [1.29, 1.82) is 0 Å². The van der Waals surface area contributed by atoms with E-state index in [0.717, 1.165) is 12.8 Å². The number of carboxylic acid groups (broad SMARTS) is 1. The van der Waals surface area contributed by atoms with E-state index in [1.165, 1.54) is 6.07 Å². The second kappa shape index (κ2) is 7.11. The summed E-state index contributed by atoms with van der Waals surface area (Å²) in [6, 6.07) is 4.92. The number of nitrogens with zero attached hydrogens (tertiary/aromatic N) is 1. The number of aromatic hydroxyl groups is 1. The number of hydrogen-bond donors (Lipinski definition) is 2. The van der Waals surface area contributed by atoms with Crippen LogP contribution in [-0.2, 0) is 4.79 Å². The van der Waals surface area contributed by atoms with Gasteiger partial charge >= 0.3 is 5.97 Å². The molecule has 0 saturated carbocycles. The van der Waals surface area contributed by atoms with E-state index in [1.54, 1.807) is 17.0 Å². The minimum absolute atomic E-state index is 0.0956. The number of carboxylic acids is 1. The number of halogens is 1. The van der Waals surface area contributed by atoms with Gasteiger partial charge < -0.3 is 15.1 Å². The van der Waals surface area contributed by atoms with Crippen molar-refractivity contribution in [3.8, 4) is 5.75 Å². The van der Waals surface area contributed by atoms with Gasteiger partial charge in [-0.05, 0) is 66.0 Å². The molecule has 1 aromatic rings. The molecule has 1 aromatic carbocycles. The van der Waals surface area contributed by atoms with Crippen LogP contribution in [0.3, 0.4) is 0 Å². The molecule has 2 N–H and O–H groups in total. The highest BCUT2D eigenvalue weighted by Gasteiger charge is 2.25. The van der Waals surface area contributed by atoms with E-state index in [1.807, 2.05) is 22.6 Å². The molecule has 114 valence electrons. The lowest BCUT2D eigenvalue weighted by molar-refractivity contribution is -0.137. The number of carbonyl (C=O) groups excluding carboxylic acids is 1. The quantitative estimate of drug-likeness (QED) is 0.758. The first-order valence-electron chi connectivity index (χ1n) is 6.97. The Bertz CT molecular complexity index is 546. The Morgan fingerprint density at radius 1 is 1.38 bits per heavy atom. The Labute approximate surface area is 137 Å². The minimum atomic E-state index is -0.791. The number of rotatable bonds is 4.